The van der Waals surface area contributed by atoms with Crippen LogP contribution < -0.4 is 5.32 Å². The van der Waals surface area contributed by atoms with Gasteiger partial charge in [0.2, 0.25) is 5.91 Å². The summed E-state index contributed by atoms with van der Waals surface area (Å²) in [5.74, 6) is 1.04. The molecule has 1 aromatic heterocycles. The zero-order chi connectivity index (χ0) is 17.3. The van der Waals surface area contributed by atoms with Crippen LogP contribution in [0.15, 0.2) is 16.7 Å². The van der Waals surface area contributed by atoms with Gasteiger partial charge < -0.3 is 14.6 Å². The fraction of sp³-hybridized carbons (Fsp3) is 0.684. The Morgan fingerprint density at radius 1 is 1.21 bits per heavy atom. The first-order valence-electron chi connectivity index (χ1n) is 9.04. The second kappa shape index (κ2) is 6.61. The van der Waals surface area contributed by atoms with E-state index in [0.717, 1.165) is 31.5 Å². The van der Waals surface area contributed by atoms with Gasteiger partial charge in [0.25, 0.3) is 5.91 Å². The maximum absolute atomic E-state index is 12.8. The van der Waals surface area contributed by atoms with Crippen LogP contribution in [0.1, 0.15) is 62.1 Å². The number of rotatable bonds is 4. The minimum atomic E-state index is -0.250. The summed E-state index contributed by atoms with van der Waals surface area (Å²) in [7, 11) is 0. The van der Waals surface area contributed by atoms with Crippen LogP contribution in [0.25, 0.3) is 0 Å². The van der Waals surface area contributed by atoms with Crippen LogP contribution in [0.2, 0.25) is 0 Å². The quantitative estimate of drug-likeness (QED) is 0.921. The molecule has 2 amide bonds. The van der Waals surface area contributed by atoms with E-state index >= 15 is 0 Å². The molecule has 0 unspecified atom stereocenters. The van der Waals surface area contributed by atoms with E-state index < -0.39 is 0 Å². The zero-order valence-electron chi connectivity index (χ0n) is 14.9. The summed E-state index contributed by atoms with van der Waals surface area (Å²) in [5, 5.41) is 3.03. The van der Waals surface area contributed by atoms with Crippen molar-refractivity contribution < 1.29 is 14.0 Å². The maximum Gasteiger partial charge on any atom is 0.287 e. The van der Waals surface area contributed by atoms with Crippen molar-refractivity contribution in [2.24, 2.45) is 11.3 Å². The molecular weight excluding hydrogens is 304 g/mol. The second-order valence-corrected chi connectivity index (χ2v) is 7.82. The molecule has 1 aliphatic heterocycles. The number of amides is 2. The summed E-state index contributed by atoms with van der Waals surface area (Å²) < 4.78 is 5.24. The summed E-state index contributed by atoms with van der Waals surface area (Å²) in [5.41, 5.74) is 0.599. The number of piperidine rings is 1. The minimum absolute atomic E-state index is 0.109. The standard InChI is InChI=1S/C19H28N2O3/c1-13-9-12-24-16(13)17(22)20-15-7-10-21(11-8-15)18(23)19(2,3)14-5-4-6-14/h9,12,14-15H,4-8,10-11H2,1-3H3,(H,20,22). The van der Waals surface area contributed by atoms with E-state index in [9.17, 15) is 9.59 Å². The minimum Gasteiger partial charge on any atom is -0.459 e. The number of aryl methyl sites for hydroxylation is 1. The average Bonchev–Trinajstić information content (AvgIpc) is 2.91. The van der Waals surface area contributed by atoms with Gasteiger partial charge in [-0.15, -0.1) is 0 Å². The smallest absolute Gasteiger partial charge is 0.287 e. The van der Waals surface area contributed by atoms with Gasteiger partial charge in [-0.2, -0.15) is 0 Å². The van der Waals surface area contributed by atoms with Crippen LogP contribution in [0.4, 0.5) is 0 Å². The Balaban J connectivity index is 1.51. The SMILES string of the molecule is Cc1ccoc1C(=O)NC1CCN(C(=O)C(C)(C)C2CCC2)CC1. The summed E-state index contributed by atoms with van der Waals surface area (Å²) in [6, 6.07) is 1.90. The predicted molar refractivity (Wildman–Crippen MR) is 91.6 cm³/mol. The van der Waals surface area contributed by atoms with Crippen molar-refractivity contribution in [2.75, 3.05) is 13.1 Å². The number of carbonyl (C=O) groups excluding carboxylic acids is 2. The predicted octanol–water partition coefficient (Wildman–Crippen LogP) is 3.14. The maximum atomic E-state index is 12.8. The largest absolute Gasteiger partial charge is 0.459 e. The molecule has 5 nitrogen and oxygen atoms in total. The number of furan rings is 1. The van der Waals surface area contributed by atoms with Crippen LogP contribution in [-0.4, -0.2) is 35.8 Å². The topological polar surface area (TPSA) is 62.6 Å². The van der Waals surface area contributed by atoms with Crippen molar-refractivity contribution in [3.05, 3.63) is 23.7 Å². The lowest BCUT2D eigenvalue weighted by Crippen LogP contribution is -2.52. The van der Waals surface area contributed by atoms with Gasteiger partial charge >= 0.3 is 0 Å². The Bertz CT molecular complexity index is 608. The Kier molecular flexibility index (Phi) is 4.70. The number of hydrogen-bond acceptors (Lipinski definition) is 3. The molecule has 0 atom stereocenters. The monoisotopic (exact) mass is 332 g/mol. The first kappa shape index (κ1) is 17.1. The first-order chi connectivity index (χ1) is 11.4. The van der Waals surface area contributed by atoms with Gasteiger partial charge in [-0.25, -0.2) is 0 Å². The highest BCUT2D eigenvalue weighted by Gasteiger charge is 2.42. The van der Waals surface area contributed by atoms with Gasteiger partial charge in [0.05, 0.1) is 6.26 Å². The summed E-state index contributed by atoms with van der Waals surface area (Å²) in [6.45, 7) is 7.48. The molecule has 132 valence electrons. The molecule has 0 bridgehead atoms. The third-order valence-corrected chi connectivity index (χ3v) is 5.86. The first-order valence-corrected chi connectivity index (χ1v) is 9.04. The van der Waals surface area contributed by atoms with Gasteiger partial charge in [-0.3, -0.25) is 9.59 Å². The Hall–Kier alpha value is -1.78. The van der Waals surface area contributed by atoms with Gasteiger partial charge in [0, 0.05) is 30.1 Å². The molecular formula is C19H28N2O3. The van der Waals surface area contributed by atoms with Crippen LogP contribution >= 0.6 is 0 Å². The van der Waals surface area contributed by atoms with Crippen molar-refractivity contribution in [1.29, 1.82) is 0 Å². The molecule has 2 heterocycles. The number of nitrogens with zero attached hydrogens (tertiary/aromatic N) is 1. The molecule has 1 aromatic rings. The molecule has 0 aromatic carbocycles. The van der Waals surface area contributed by atoms with E-state index in [4.69, 9.17) is 4.42 Å². The van der Waals surface area contributed by atoms with Gasteiger partial charge in [0.1, 0.15) is 0 Å². The lowest BCUT2D eigenvalue weighted by Gasteiger charge is -2.43. The van der Waals surface area contributed by atoms with Crippen molar-refractivity contribution >= 4 is 11.8 Å². The molecule has 1 saturated heterocycles. The summed E-state index contributed by atoms with van der Waals surface area (Å²) in [6.07, 6.45) is 6.74. The molecule has 24 heavy (non-hydrogen) atoms. The third kappa shape index (κ3) is 3.21. The van der Waals surface area contributed by atoms with Crippen LogP contribution in [0.5, 0.6) is 0 Å². The van der Waals surface area contributed by atoms with E-state index in [1.807, 2.05) is 11.8 Å². The van der Waals surface area contributed by atoms with E-state index in [0.29, 0.717) is 11.7 Å². The van der Waals surface area contributed by atoms with Crippen LogP contribution in [0.3, 0.4) is 0 Å². The van der Waals surface area contributed by atoms with Gasteiger partial charge in [-0.1, -0.05) is 20.3 Å². The van der Waals surface area contributed by atoms with Crippen molar-refractivity contribution in [3.63, 3.8) is 0 Å². The Morgan fingerprint density at radius 3 is 2.38 bits per heavy atom. The van der Waals surface area contributed by atoms with E-state index in [1.54, 1.807) is 6.07 Å². The molecule has 2 fully saturated rings. The lowest BCUT2D eigenvalue weighted by molar-refractivity contribution is -0.146. The second-order valence-electron chi connectivity index (χ2n) is 7.82. The molecule has 1 aliphatic carbocycles. The van der Waals surface area contributed by atoms with E-state index in [-0.39, 0.29) is 23.3 Å². The van der Waals surface area contributed by atoms with Crippen LogP contribution in [-0.2, 0) is 4.79 Å². The number of hydrogen-bond donors (Lipinski definition) is 1. The van der Waals surface area contributed by atoms with Crippen LogP contribution in [0, 0.1) is 18.3 Å². The van der Waals surface area contributed by atoms with Gasteiger partial charge in [-0.05, 0) is 44.6 Å². The third-order valence-electron chi connectivity index (χ3n) is 5.86. The fourth-order valence-electron chi connectivity index (χ4n) is 3.80. The number of nitrogens with one attached hydrogen (secondary N) is 1. The molecule has 3 rings (SSSR count). The number of carbonyl (C=O) groups is 2. The summed E-state index contributed by atoms with van der Waals surface area (Å²) >= 11 is 0. The lowest BCUT2D eigenvalue weighted by atomic mass is 9.66. The highest BCUT2D eigenvalue weighted by molar-refractivity contribution is 5.93. The average molecular weight is 332 g/mol. The Morgan fingerprint density at radius 2 is 1.88 bits per heavy atom. The number of likely N-dealkylation sites (tertiary alicyclic amines) is 1. The molecule has 1 N–H and O–H groups in total. The molecule has 0 radical (unpaired) electrons. The van der Waals surface area contributed by atoms with E-state index in [2.05, 4.69) is 19.2 Å². The highest BCUT2D eigenvalue weighted by Crippen LogP contribution is 2.43. The normalized spacial score (nSPS) is 19.9. The van der Waals surface area contributed by atoms with E-state index in [1.165, 1.54) is 25.5 Å². The van der Waals surface area contributed by atoms with Gasteiger partial charge in [0.15, 0.2) is 5.76 Å². The van der Waals surface area contributed by atoms with Crippen molar-refractivity contribution in [1.82, 2.24) is 10.2 Å². The molecule has 2 aliphatic rings. The Labute approximate surface area is 143 Å². The van der Waals surface area contributed by atoms with Crippen molar-refractivity contribution in [2.45, 2.75) is 58.9 Å². The summed E-state index contributed by atoms with van der Waals surface area (Å²) in [4.78, 5) is 27.0. The molecule has 0 spiro atoms. The molecule has 1 saturated carbocycles. The highest BCUT2D eigenvalue weighted by atomic mass is 16.3. The fourth-order valence-corrected chi connectivity index (χ4v) is 3.80. The van der Waals surface area contributed by atoms with Crippen molar-refractivity contribution in [3.8, 4) is 0 Å². The molecule has 5 heteroatoms. The zero-order valence-corrected chi connectivity index (χ0v) is 14.9.